The number of amides is 1. The van der Waals surface area contributed by atoms with Crippen molar-refractivity contribution in [2.24, 2.45) is 0 Å². The van der Waals surface area contributed by atoms with Gasteiger partial charge in [-0.05, 0) is 18.1 Å². The molecule has 1 fully saturated rings. The van der Waals surface area contributed by atoms with Crippen LogP contribution in [0.4, 0.5) is 11.6 Å². The number of fused-ring (bicyclic) bond motifs is 1. The van der Waals surface area contributed by atoms with Crippen molar-refractivity contribution in [3.63, 3.8) is 0 Å². The number of nitrogens with zero attached hydrogens (tertiary/aromatic N) is 4. The normalized spacial score (nSPS) is 16.9. The Morgan fingerprint density at radius 1 is 1.03 bits per heavy atom. The van der Waals surface area contributed by atoms with E-state index in [4.69, 9.17) is 10.5 Å². The Hall–Kier alpha value is -3.00. The van der Waals surface area contributed by atoms with E-state index < -0.39 is 0 Å². The molecule has 0 saturated carbocycles. The van der Waals surface area contributed by atoms with Crippen LogP contribution in [0.5, 0.6) is 6.01 Å². The second-order valence-electron chi connectivity index (χ2n) is 7.41. The fourth-order valence-electron chi connectivity index (χ4n) is 3.73. The maximum Gasteiger partial charge on any atom is 0.320 e. The van der Waals surface area contributed by atoms with Crippen molar-refractivity contribution < 1.29 is 14.3 Å². The molecule has 4 rings (SSSR count). The predicted molar refractivity (Wildman–Crippen MR) is 108 cm³/mol. The fraction of sp³-hybridized carbons (Fsp3) is 0.429. The molecular formula is C21H25N5O3. The van der Waals surface area contributed by atoms with Gasteiger partial charge in [0.2, 0.25) is 5.91 Å². The van der Waals surface area contributed by atoms with Crippen molar-refractivity contribution in [3.8, 4) is 6.01 Å². The maximum absolute atomic E-state index is 12.5. The smallest absolute Gasteiger partial charge is 0.320 e. The van der Waals surface area contributed by atoms with Crippen molar-refractivity contribution in [2.45, 2.75) is 39.3 Å². The molecule has 2 N–H and O–H groups in total. The quantitative estimate of drug-likeness (QED) is 0.794. The Bertz CT molecular complexity index is 919. The Morgan fingerprint density at radius 2 is 1.69 bits per heavy atom. The van der Waals surface area contributed by atoms with Gasteiger partial charge in [-0.25, -0.2) is 0 Å². The number of ether oxygens (including phenoxy) is 1. The van der Waals surface area contributed by atoms with Gasteiger partial charge in [-0.3, -0.25) is 19.4 Å². The summed E-state index contributed by atoms with van der Waals surface area (Å²) in [5.74, 6) is 1.14. The van der Waals surface area contributed by atoms with Crippen molar-refractivity contribution in [2.75, 3.05) is 30.3 Å². The molecule has 2 aliphatic heterocycles. The van der Waals surface area contributed by atoms with Crippen LogP contribution in [-0.2, 0) is 29.1 Å². The zero-order valence-electron chi connectivity index (χ0n) is 16.6. The van der Waals surface area contributed by atoms with Gasteiger partial charge in [0.25, 0.3) is 0 Å². The number of aromatic nitrogens is 2. The van der Waals surface area contributed by atoms with Gasteiger partial charge in [-0.15, -0.1) is 0 Å². The highest BCUT2D eigenvalue weighted by Gasteiger charge is 2.32. The van der Waals surface area contributed by atoms with Crippen LogP contribution in [0.2, 0.25) is 0 Å². The van der Waals surface area contributed by atoms with Gasteiger partial charge >= 0.3 is 6.01 Å². The molecule has 1 aromatic heterocycles. The molecule has 1 saturated heterocycles. The van der Waals surface area contributed by atoms with Crippen LogP contribution in [0.3, 0.4) is 0 Å². The molecule has 0 unspecified atom stereocenters. The maximum atomic E-state index is 12.5. The second-order valence-corrected chi connectivity index (χ2v) is 7.41. The van der Waals surface area contributed by atoms with Crippen LogP contribution in [0.25, 0.3) is 0 Å². The lowest BCUT2D eigenvalue weighted by Crippen LogP contribution is -2.33. The van der Waals surface area contributed by atoms with Crippen molar-refractivity contribution >= 4 is 23.3 Å². The van der Waals surface area contributed by atoms with E-state index in [0.717, 1.165) is 25.2 Å². The summed E-state index contributed by atoms with van der Waals surface area (Å²) in [6.45, 7) is 5.18. The molecule has 0 spiro atoms. The van der Waals surface area contributed by atoms with E-state index in [0.29, 0.717) is 49.0 Å². The summed E-state index contributed by atoms with van der Waals surface area (Å²) in [5, 5.41) is 0. The topological polar surface area (TPSA) is 102 Å². The minimum Gasteiger partial charge on any atom is -0.464 e. The number of Topliss-reactive ketones (excluding diaryl/α,β-unsaturated/α-hetero) is 1. The van der Waals surface area contributed by atoms with Gasteiger partial charge in [-0.2, -0.15) is 9.97 Å². The first-order chi connectivity index (χ1) is 14.0. The molecule has 2 aromatic rings. The highest BCUT2D eigenvalue weighted by atomic mass is 16.5. The summed E-state index contributed by atoms with van der Waals surface area (Å²) in [6.07, 6.45) is 1.49. The SMILES string of the molecule is CCOc1nc(N)c2c(n1)N(Cc1ccc(CN3CCC(=O)CC3)cc1)C(=O)C2. The molecule has 8 heteroatoms. The first kappa shape index (κ1) is 19.3. The van der Waals surface area contributed by atoms with Crippen LogP contribution < -0.4 is 15.4 Å². The molecule has 0 aliphatic carbocycles. The first-order valence-electron chi connectivity index (χ1n) is 9.95. The van der Waals surface area contributed by atoms with E-state index >= 15 is 0 Å². The van der Waals surface area contributed by atoms with E-state index in [1.54, 1.807) is 4.90 Å². The van der Waals surface area contributed by atoms with E-state index in [2.05, 4.69) is 27.0 Å². The number of ketones is 1. The number of nitrogen functional groups attached to an aromatic ring is 1. The van der Waals surface area contributed by atoms with Crippen LogP contribution >= 0.6 is 0 Å². The molecular weight excluding hydrogens is 370 g/mol. The molecule has 1 aromatic carbocycles. The monoisotopic (exact) mass is 395 g/mol. The minimum atomic E-state index is -0.0447. The summed E-state index contributed by atoms with van der Waals surface area (Å²) in [6, 6.07) is 8.41. The third-order valence-corrected chi connectivity index (χ3v) is 5.34. The standard InChI is InChI=1S/C21H25N5O3/c1-2-29-21-23-19(22)17-11-18(28)26(20(17)24-21)13-15-5-3-14(4-6-15)12-25-9-7-16(27)8-10-25/h3-6H,2,7-13H2,1H3,(H2,22,23,24). The molecule has 152 valence electrons. The number of nitrogens with two attached hydrogens (primary N) is 1. The highest BCUT2D eigenvalue weighted by molar-refractivity contribution is 6.01. The average Bonchev–Trinajstić information content (AvgIpc) is 3.02. The van der Waals surface area contributed by atoms with Crippen molar-refractivity contribution in [3.05, 3.63) is 41.0 Å². The number of benzene rings is 1. The third-order valence-electron chi connectivity index (χ3n) is 5.34. The largest absolute Gasteiger partial charge is 0.464 e. The number of piperidine rings is 1. The van der Waals surface area contributed by atoms with Crippen LogP contribution in [0.1, 0.15) is 36.5 Å². The lowest BCUT2D eigenvalue weighted by molar-refractivity contribution is -0.121. The molecule has 8 nitrogen and oxygen atoms in total. The summed E-state index contributed by atoms with van der Waals surface area (Å²) in [7, 11) is 0. The van der Waals surface area contributed by atoms with Gasteiger partial charge in [0, 0.05) is 38.0 Å². The number of hydrogen-bond acceptors (Lipinski definition) is 7. The molecule has 2 aliphatic rings. The molecule has 3 heterocycles. The number of anilines is 2. The molecule has 29 heavy (non-hydrogen) atoms. The van der Waals surface area contributed by atoms with Gasteiger partial charge in [0.1, 0.15) is 17.4 Å². The Kier molecular flexibility index (Phi) is 5.44. The highest BCUT2D eigenvalue weighted by Crippen LogP contribution is 2.33. The number of carbonyl (C=O) groups excluding carboxylic acids is 2. The summed E-state index contributed by atoms with van der Waals surface area (Å²) < 4.78 is 5.37. The Labute approximate surface area is 169 Å². The van der Waals surface area contributed by atoms with E-state index in [-0.39, 0.29) is 18.3 Å². The van der Waals surface area contributed by atoms with Crippen molar-refractivity contribution in [1.82, 2.24) is 14.9 Å². The minimum absolute atomic E-state index is 0.0447. The van der Waals surface area contributed by atoms with E-state index in [1.807, 2.05) is 19.1 Å². The van der Waals surface area contributed by atoms with Gasteiger partial charge in [0.15, 0.2) is 0 Å². The Balaban J connectivity index is 1.46. The average molecular weight is 395 g/mol. The number of carbonyl (C=O) groups is 2. The number of likely N-dealkylation sites (tertiary alicyclic amines) is 1. The van der Waals surface area contributed by atoms with Crippen LogP contribution in [0, 0.1) is 0 Å². The Morgan fingerprint density at radius 3 is 2.34 bits per heavy atom. The molecule has 1 amide bonds. The van der Waals surface area contributed by atoms with Gasteiger partial charge in [0.05, 0.1) is 19.6 Å². The lowest BCUT2D eigenvalue weighted by Gasteiger charge is -2.25. The molecule has 0 bridgehead atoms. The van der Waals surface area contributed by atoms with E-state index in [9.17, 15) is 9.59 Å². The van der Waals surface area contributed by atoms with Gasteiger partial charge < -0.3 is 10.5 Å². The fourth-order valence-corrected chi connectivity index (χ4v) is 3.73. The summed E-state index contributed by atoms with van der Waals surface area (Å²) >= 11 is 0. The summed E-state index contributed by atoms with van der Waals surface area (Å²) in [4.78, 5) is 36.4. The number of hydrogen-bond donors (Lipinski definition) is 1. The lowest BCUT2D eigenvalue weighted by atomic mass is 10.1. The van der Waals surface area contributed by atoms with Crippen molar-refractivity contribution in [1.29, 1.82) is 0 Å². The zero-order valence-corrected chi connectivity index (χ0v) is 16.6. The van der Waals surface area contributed by atoms with Crippen LogP contribution in [-0.4, -0.2) is 46.3 Å². The first-order valence-corrected chi connectivity index (χ1v) is 9.95. The van der Waals surface area contributed by atoms with Gasteiger partial charge in [-0.1, -0.05) is 24.3 Å². The molecule has 0 atom stereocenters. The zero-order chi connectivity index (χ0) is 20.4. The van der Waals surface area contributed by atoms with Crippen LogP contribution in [0.15, 0.2) is 24.3 Å². The van der Waals surface area contributed by atoms with E-state index in [1.165, 1.54) is 5.56 Å². The molecule has 0 radical (unpaired) electrons. The third kappa shape index (κ3) is 4.22. The summed E-state index contributed by atoms with van der Waals surface area (Å²) in [5.41, 5.74) is 8.87. The number of rotatable bonds is 6. The predicted octanol–water partition coefficient (Wildman–Crippen LogP) is 1.71. The second kappa shape index (κ2) is 8.16.